The van der Waals surface area contributed by atoms with E-state index in [2.05, 4.69) is 17.9 Å². The molecule has 0 atom stereocenters. The number of rotatable bonds is 4. The van der Waals surface area contributed by atoms with Gasteiger partial charge in [0, 0.05) is 0 Å². The lowest BCUT2D eigenvalue weighted by molar-refractivity contribution is -0.293. The Kier molecular flexibility index (Phi) is 4.00. The van der Waals surface area contributed by atoms with Gasteiger partial charge in [-0.05, 0) is 0 Å². The third-order valence-electron chi connectivity index (χ3n) is 1.31. The second-order valence-electron chi connectivity index (χ2n) is 2.51. The highest BCUT2D eigenvalue weighted by atomic mass is 19.4. The van der Waals surface area contributed by atoms with Crippen LogP contribution in [0.4, 0.5) is 22.0 Å². The molecule has 7 heteroatoms. The van der Waals surface area contributed by atoms with Crippen molar-refractivity contribution in [3.8, 4) is 0 Å². The molecular weight excluding hydrogens is 223 g/mol. The largest absolute Gasteiger partial charge is 0.456 e. The van der Waals surface area contributed by atoms with Gasteiger partial charge in [-0.3, -0.25) is 0 Å². The van der Waals surface area contributed by atoms with Gasteiger partial charge in [0.15, 0.2) is 6.61 Å². The molecular formula is C8H7F5O2. The predicted octanol–water partition coefficient (Wildman–Crippen LogP) is 2.47. The normalized spacial score (nSPS) is 12.1. The molecule has 2 nitrogen and oxygen atoms in total. The summed E-state index contributed by atoms with van der Waals surface area (Å²) in [6, 6.07) is 0. The number of hydrogen-bond acceptors (Lipinski definition) is 2. The molecule has 0 aromatic heterocycles. The number of esters is 1. The summed E-state index contributed by atoms with van der Waals surface area (Å²) in [6.45, 7) is 4.01. The van der Waals surface area contributed by atoms with Crippen LogP contribution in [0.3, 0.4) is 0 Å². The van der Waals surface area contributed by atoms with Crippen molar-refractivity contribution in [2.75, 3.05) is 6.61 Å². The smallest absolute Gasteiger partial charge is 0.455 e. The van der Waals surface area contributed by atoms with Crippen LogP contribution in [-0.4, -0.2) is 24.7 Å². The average molecular weight is 230 g/mol. The maximum atomic E-state index is 12.2. The molecule has 86 valence electrons. The summed E-state index contributed by atoms with van der Waals surface area (Å²) >= 11 is 0. The van der Waals surface area contributed by atoms with Gasteiger partial charge in [0.25, 0.3) is 0 Å². The van der Waals surface area contributed by atoms with Crippen LogP contribution in [0, 0.1) is 0 Å². The zero-order valence-electron chi connectivity index (χ0n) is 7.40. The number of carbonyl (C=O) groups excluding carboxylic acids is 1. The lowest BCUT2D eigenvalue weighted by atomic mass is 10.3. The summed E-state index contributed by atoms with van der Waals surface area (Å²) < 4.78 is 62.9. The van der Waals surface area contributed by atoms with Crippen molar-refractivity contribution in [3.63, 3.8) is 0 Å². The first-order valence-electron chi connectivity index (χ1n) is 3.55. The van der Waals surface area contributed by atoms with Crippen molar-refractivity contribution in [2.24, 2.45) is 0 Å². The summed E-state index contributed by atoms with van der Waals surface area (Å²) in [5.74, 6) is -6.43. The molecule has 0 radical (unpaired) electrons. The van der Waals surface area contributed by atoms with Gasteiger partial charge < -0.3 is 4.74 Å². The Bertz CT molecular complexity index is 279. The number of carbonyl (C=O) groups is 1. The minimum absolute atomic E-state index is 0.395. The molecule has 0 heterocycles. The van der Waals surface area contributed by atoms with Crippen LogP contribution in [-0.2, 0) is 9.53 Å². The standard InChI is InChI=1S/C8H7F5O2/c1-3-5(2)6(14)15-4-7(9,10)8(11,12)13/h3H,1-2,4H2. The van der Waals surface area contributed by atoms with E-state index >= 15 is 0 Å². The van der Waals surface area contributed by atoms with E-state index < -0.39 is 30.2 Å². The van der Waals surface area contributed by atoms with Gasteiger partial charge in [-0.2, -0.15) is 22.0 Å². The van der Waals surface area contributed by atoms with E-state index in [4.69, 9.17) is 0 Å². The maximum absolute atomic E-state index is 12.2. The quantitative estimate of drug-likeness (QED) is 0.321. The molecule has 0 bridgehead atoms. The van der Waals surface area contributed by atoms with Gasteiger partial charge in [0.05, 0.1) is 5.57 Å². The first-order valence-corrected chi connectivity index (χ1v) is 3.55. The first kappa shape index (κ1) is 13.6. The maximum Gasteiger partial charge on any atom is 0.456 e. The molecule has 0 saturated heterocycles. The van der Waals surface area contributed by atoms with Gasteiger partial charge in [0.2, 0.25) is 0 Å². The van der Waals surface area contributed by atoms with Crippen molar-refractivity contribution in [1.82, 2.24) is 0 Å². The lowest BCUT2D eigenvalue weighted by Gasteiger charge is -2.18. The average Bonchev–Trinajstić information content (AvgIpc) is 2.11. The second kappa shape index (κ2) is 4.41. The van der Waals surface area contributed by atoms with Crippen LogP contribution in [0.5, 0.6) is 0 Å². The van der Waals surface area contributed by atoms with Gasteiger partial charge >= 0.3 is 18.1 Å². The number of alkyl halides is 5. The van der Waals surface area contributed by atoms with Gasteiger partial charge in [-0.25, -0.2) is 4.79 Å². The van der Waals surface area contributed by atoms with Crippen molar-refractivity contribution in [1.29, 1.82) is 0 Å². The number of ether oxygens (including phenoxy) is 1. The van der Waals surface area contributed by atoms with E-state index in [0.29, 0.717) is 0 Å². The van der Waals surface area contributed by atoms with Crippen molar-refractivity contribution < 1.29 is 31.5 Å². The Morgan fingerprint density at radius 3 is 2.07 bits per heavy atom. The van der Waals surface area contributed by atoms with Crippen molar-refractivity contribution >= 4 is 5.97 Å². The van der Waals surface area contributed by atoms with E-state index in [0.717, 1.165) is 6.08 Å². The molecule has 0 saturated carbocycles. The van der Waals surface area contributed by atoms with Crippen LogP contribution < -0.4 is 0 Å². The van der Waals surface area contributed by atoms with Crippen molar-refractivity contribution in [3.05, 3.63) is 24.8 Å². The van der Waals surface area contributed by atoms with Crippen molar-refractivity contribution in [2.45, 2.75) is 12.1 Å². The van der Waals surface area contributed by atoms with E-state index in [1.807, 2.05) is 0 Å². The summed E-state index contributed by atoms with van der Waals surface area (Å²) in [7, 11) is 0. The SMILES string of the molecule is C=CC(=C)C(=O)OCC(F)(F)C(F)(F)F. The van der Waals surface area contributed by atoms with E-state index in [1.54, 1.807) is 0 Å². The molecule has 0 amide bonds. The monoisotopic (exact) mass is 230 g/mol. The minimum atomic E-state index is -5.75. The van der Waals surface area contributed by atoms with Gasteiger partial charge in [-0.15, -0.1) is 0 Å². The Labute approximate surface area is 82.0 Å². The molecule has 0 aliphatic carbocycles. The van der Waals surface area contributed by atoms with Crippen LogP contribution in [0.1, 0.15) is 0 Å². The summed E-state index contributed by atoms with van der Waals surface area (Å²) in [5, 5.41) is 0. The zero-order valence-corrected chi connectivity index (χ0v) is 7.40. The highest BCUT2D eigenvalue weighted by Gasteiger charge is 2.58. The molecule has 0 aromatic carbocycles. The second-order valence-corrected chi connectivity index (χ2v) is 2.51. The van der Waals surface area contributed by atoms with Crippen LogP contribution in [0.15, 0.2) is 24.8 Å². The van der Waals surface area contributed by atoms with Gasteiger partial charge in [-0.1, -0.05) is 19.2 Å². The van der Waals surface area contributed by atoms with E-state index in [-0.39, 0.29) is 0 Å². The third kappa shape index (κ3) is 3.69. The number of halogens is 5. The summed E-state index contributed by atoms with van der Waals surface area (Å²) in [6.07, 6.45) is -4.86. The Balaban J connectivity index is 4.34. The summed E-state index contributed by atoms with van der Waals surface area (Å²) in [4.78, 5) is 10.7. The predicted molar refractivity (Wildman–Crippen MR) is 41.3 cm³/mol. The molecule has 0 fully saturated rings. The molecule has 0 spiro atoms. The molecule has 0 aliphatic rings. The fraction of sp³-hybridized carbons (Fsp3) is 0.375. The molecule has 0 aliphatic heterocycles. The minimum Gasteiger partial charge on any atom is -0.455 e. The molecule has 0 rings (SSSR count). The topological polar surface area (TPSA) is 26.3 Å². The first-order chi connectivity index (χ1) is 6.62. The highest BCUT2D eigenvalue weighted by Crippen LogP contribution is 2.35. The van der Waals surface area contributed by atoms with E-state index in [1.165, 1.54) is 0 Å². The number of hydrogen-bond donors (Lipinski definition) is 0. The Hall–Kier alpha value is -1.40. The molecule has 15 heavy (non-hydrogen) atoms. The Morgan fingerprint density at radius 1 is 1.27 bits per heavy atom. The highest BCUT2D eigenvalue weighted by molar-refractivity contribution is 5.90. The third-order valence-corrected chi connectivity index (χ3v) is 1.31. The van der Waals surface area contributed by atoms with Gasteiger partial charge in [0.1, 0.15) is 0 Å². The molecule has 0 unspecified atom stereocenters. The fourth-order valence-corrected chi connectivity index (χ4v) is 0.414. The Morgan fingerprint density at radius 2 is 1.73 bits per heavy atom. The van der Waals surface area contributed by atoms with Crippen LogP contribution in [0.2, 0.25) is 0 Å². The zero-order chi connectivity index (χ0) is 12.3. The van der Waals surface area contributed by atoms with Crippen LogP contribution in [0.25, 0.3) is 0 Å². The fourth-order valence-electron chi connectivity index (χ4n) is 0.414. The lowest BCUT2D eigenvalue weighted by Crippen LogP contribution is -2.41. The molecule has 0 aromatic rings. The molecule has 0 N–H and O–H groups in total. The summed E-state index contributed by atoms with van der Waals surface area (Å²) in [5.41, 5.74) is -0.395. The van der Waals surface area contributed by atoms with Crippen LogP contribution >= 0.6 is 0 Å². The van der Waals surface area contributed by atoms with E-state index in [9.17, 15) is 26.7 Å².